The van der Waals surface area contributed by atoms with Crippen LogP contribution >= 0.6 is 0 Å². The van der Waals surface area contributed by atoms with Crippen molar-refractivity contribution in [3.05, 3.63) is 48.4 Å². The molecule has 26 heavy (non-hydrogen) atoms. The molecule has 2 amide bonds. The number of nitrogens with one attached hydrogen (secondary N) is 1. The van der Waals surface area contributed by atoms with Crippen LogP contribution in [0, 0.1) is 0 Å². The maximum absolute atomic E-state index is 12.2. The van der Waals surface area contributed by atoms with E-state index in [1.165, 1.54) is 11.2 Å². The van der Waals surface area contributed by atoms with Gasteiger partial charge < -0.3 is 19.2 Å². The predicted molar refractivity (Wildman–Crippen MR) is 90.4 cm³/mol. The van der Waals surface area contributed by atoms with Crippen LogP contribution in [0.4, 0.5) is 5.69 Å². The van der Waals surface area contributed by atoms with E-state index < -0.39 is 18.5 Å². The Bertz CT molecular complexity index is 787. The summed E-state index contributed by atoms with van der Waals surface area (Å²) in [6.07, 6.45) is 1.66. The smallest absolute Gasteiger partial charge is 0.326 e. The zero-order valence-corrected chi connectivity index (χ0v) is 14.0. The van der Waals surface area contributed by atoms with Crippen molar-refractivity contribution in [2.75, 3.05) is 24.7 Å². The van der Waals surface area contributed by atoms with Gasteiger partial charge in [0.25, 0.3) is 5.91 Å². The molecule has 1 N–H and O–H groups in total. The number of hydrogen-bond acceptors (Lipinski definition) is 6. The fourth-order valence-electron chi connectivity index (χ4n) is 2.46. The molecule has 2 heterocycles. The van der Waals surface area contributed by atoms with E-state index in [-0.39, 0.29) is 32.0 Å². The van der Waals surface area contributed by atoms with Gasteiger partial charge in [-0.3, -0.25) is 19.3 Å². The highest BCUT2D eigenvalue weighted by molar-refractivity contribution is 5.99. The molecule has 2 aromatic rings. The first-order valence-electron chi connectivity index (χ1n) is 8.10. The van der Waals surface area contributed by atoms with Crippen molar-refractivity contribution in [1.82, 2.24) is 5.32 Å². The number of benzene rings is 1. The Morgan fingerprint density at radius 1 is 1.19 bits per heavy atom. The van der Waals surface area contributed by atoms with Crippen molar-refractivity contribution in [3.8, 4) is 5.75 Å². The lowest BCUT2D eigenvalue weighted by atomic mass is 10.2. The second-order valence-corrected chi connectivity index (χ2v) is 5.56. The number of carbonyl (C=O) groups is 3. The molecular formula is C18H18N2O6. The summed E-state index contributed by atoms with van der Waals surface area (Å²) in [7, 11) is 0. The number of amides is 2. The molecule has 0 atom stereocenters. The van der Waals surface area contributed by atoms with Gasteiger partial charge in [0, 0.05) is 0 Å². The lowest BCUT2D eigenvalue weighted by molar-refractivity contribution is -0.147. The Morgan fingerprint density at radius 3 is 2.85 bits per heavy atom. The molecule has 0 fully saturated rings. The van der Waals surface area contributed by atoms with Crippen LogP contribution in [-0.4, -0.2) is 37.5 Å². The van der Waals surface area contributed by atoms with Crippen LogP contribution in [-0.2, 0) is 25.7 Å². The Hall–Kier alpha value is -3.29. The normalized spacial score (nSPS) is 13.4. The first-order valence-corrected chi connectivity index (χ1v) is 8.10. The van der Waals surface area contributed by atoms with Gasteiger partial charge in [0.2, 0.25) is 5.91 Å². The Labute approximate surface area is 149 Å². The van der Waals surface area contributed by atoms with Gasteiger partial charge in [-0.05, 0) is 24.3 Å². The highest BCUT2D eigenvalue weighted by atomic mass is 16.5. The summed E-state index contributed by atoms with van der Waals surface area (Å²) in [5.74, 6) is -0.253. The van der Waals surface area contributed by atoms with Crippen LogP contribution < -0.4 is 15.0 Å². The average molecular weight is 358 g/mol. The number of rotatable bonds is 6. The topological polar surface area (TPSA) is 98.1 Å². The van der Waals surface area contributed by atoms with Crippen molar-refractivity contribution >= 4 is 23.5 Å². The molecule has 8 nitrogen and oxygen atoms in total. The number of furan rings is 1. The maximum Gasteiger partial charge on any atom is 0.326 e. The molecule has 0 aliphatic carbocycles. The fourth-order valence-corrected chi connectivity index (χ4v) is 2.46. The molecule has 0 saturated heterocycles. The van der Waals surface area contributed by atoms with E-state index in [4.69, 9.17) is 13.9 Å². The lowest BCUT2D eigenvalue weighted by Gasteiger charge is -2.20. The molecule has 0 saturated carbocycles. The molecule has 8 heteroatoms. The van der Waals surface area contributed by atoms with Gasteiger partial charge in [0.1, 0.15) is 18.1 Å². The fraction of sp³-hybridized carbons (Fsp3) is 0.278. The van der Waals surface area contributed by atoms with Gasteiger partial charge in [-0.1, -0.05) is 12.1 Å². The second-order valence-electron chi connectivity index (χ2n) is 5.56. The molecule has 1 aromatic carbocycles. The number of fused-ring (bicyclic) bond motifs is 1. The van der Waals surface area contributed by atoms with E-state index in [1.54, 1.807) is 36.4 Å². The molecule has 1 aliphatic heterocycles. The standard InChI is InChI=1S/C18H18N2O6/c21-16(19-10-13-4-3-8-24-13)12-26-18(23)11-20-14-5-1-2-6-15(14)25-9-7-17(20)22/h1-6,8H,7,9-12H2,(H,19,21). The third-order valence-electron chi connectivity index (χ3n) is 3.72. The third-order valence-corrected chi connectivity index (χ3v) is 3.72. The first-order chi connectivity index (χ1) is 12.6. The van der Waals surface area contributed by atoms with Crippen LogP contribution in [0.2, 0.25) is 0 Å². The molecule has 136 valence electrons. The minimum Gasteiger partial charge on any atom is -0.491 e. The number of ether oxygens (including phenoxy) is 2. The molecule has 3 rings (SSSR count). The van der Waals surface area contributed by atoms with Crippen LogP contribution in [0.5, 0.6) is 5.75 Å². The van der Waals surface area contributed by atoms with E-state index in [9.17, 15) is 14.4 Å². The van der Waals surface area contributed by atoms with Crippen molar-refractivity contribution in [2.24, 2.45) is 0 Å². The van der Waals surface area contributed by atoms with Crippen molar-refractivity contribution in [1.29, 1.82) is 0 Å². The van der Waals surface area contributed by atoms with E-state index in [0.29, 0.717) is 17.2 Å². The van der Waals surface area contributed by atoms with Crippen molar-refractivity contribution in [2.45, 2.75) is 13.0 Å². The van der Waals surface area contributed by atoms with Crippen LogP contribution in [0.15, 0.2) is 47.1 Å². The summed E-state index contributed by atoms with van der Waals surface area (Å²) in [6, 6.07) is 10.4. The number of carbonyl (C=O) groups excluding carboxylic acids is 3. The minimum atomic E-state index is -0.678. The maximum atomic E-state index is 12.2. The molecule has 0 bridgehead atoms. The van der Waals surface area contributed by atoms with Crippen molar-refractivity contribution < 1.29 is 28.3 Å². The van der Waals surface area contributed by atoms with Crippen LogP contribution in [0.25, 0.3) is 0 Å². The van der Waals surface area contributed by atoms with Gasteiger partial charge in [-0.2, -0.15) is 0 Å². The summed E-state index contributed by atoms with van der Waals surface area (Å²) in [6.45, 7) is -0.264. The Balaban J connectivity index is 1.52. The first kappa shape index (κ1) is 17.5. The van der Waals surface area contributed by atoms with E-state index in [0.717, 1.165) is 0 Å². The van der Waals surface area contributed by atoms with Crippen LogP contribution in [0.1, 0.15) is 12.2 Å². The number of anilines is 1. The molecule has 0 unspecified atom stereocenters. The number of para-hydroxylation sites is 2. The molecule has 1 aromatic heterocycles. The summed E-state index contributed by atoms with van der Waals surface area (Å²) in [5.41, 5.74) is 0.509. The van der Waals surface area contributed by atoms with Gasteiger partial charge in [0.15, 0.2) is 6.61 Å². The highest BCUT2D eigenvalue weighted by Gasteiger charge is 2.25. The summed E-state index contributed by atoms with van der Waals surface area (Å²) >= 11 is 0. The number of esters is 1. The van der Waals surface area contributed by atoms with E-state index >= 15 is 0 Å². The van der Waals surface area contributed by atoms with E-state index in [2.05, 4.69) is 5.32 Å². The monoisotopic (exact) mass is 358 g/mol. The zero-order chi connectivity index (χ0) is 18.4. The van der Waals surface area contributed by atoms with E-state index in [1.807, 2.05) is 0 Å². The van der Waals surface area contributed by atoms with Gasteiger partial charge in [0.05, 0.1) is 31.5 Å². The van der Waals surface area contributed by atoms with Crippen LogP contribution in [0.3, 0.4) is 0 Å². The minimum absolute atomic E-state index is 0.158. The summed E-state index contributed by atoms with van der Waals surface area (Å²) in [4.78, 5) is 37.3. The predicted octanol–water partition coefficient (Wildman–Crippen LogP) is 1.25. The van der Waals surface area contributed by atoms with Gasteiger partial charge in [-0.15, -0.1) is 0 Å². The number of nitrogens with zero attached hydrogens (tertiary/aromatic N) is 1. The average Bonchev–Trinajstić information content (AvgIpc) is 3.11. The van der Waals surface area contributed by atoms with Gasteiger partial charge >= 0.3 is 5.97 Å². The summed E-state index contributed by atoms with van der Waals surface area (Å²) < 4.78 is 15.6. The quantitative estimate of drug-likeness (QED) is 0.781. The highest BCUT2D eigenvalue weighted by Crippen LogP contribution is 2.30. The Kier molecular flexibility index (Phi) is 5.52. The summed E-state index contributed by atoms with van der Waals surface area (Å²) in [5, 5.41) is 2.57. The Morgan fingerprint density at radius 2 is 2.04 bits per heavy atom. The second kappa shape index (κ2) is 8.19. The largest absolute Gasteiger partial charge is 0.491 e. The molecule has 0 radical (unpaired) electrons. The van der Waals surface area contributed by atoms with Gasteiger partial charge in [-0.25, -0.2) is 0 Å². The lowest BCUT2D eigenvalue weighted by Crippen LogP contribution is -2.37. The number of hydrogen-bond donors (Lipinski definition) is 1. The van der Waals surface area contributed by atoms with Crippen molar-refractivity contribution in [3.63, 3.8) is 0 Å². The molecule has 1 aliphatic rings. The third kappa shape index (κ3) is 4.41. The molecular weight excluding hydrogens is 340 g/mol. The SMILES string of the molecule is O=C(COC(=O)CN1C(=O)CCOc2ccccc21)NCc1ccco1. The molecule has 0 spiro atoms. The zero-order valence-electron chi connectivity index (χ0n) is 14.0.